The van der Waals surface area contributed by atoms with E-state index in [0.717, 1.165) is 11.1 Å². The molecule has 2 N–H and O–H groups in total. The number of nitrogens with two attached hydrogens (primary N) is 1. The van der Waals surface area contributed by atoms with Crippen LogP contribution in [0.2, 0.25) is 5.02 Å². The summed E-state index contributed by atoms with van der Waals surface area (Å²) in [7, 11) is 0. The fraction of sp³-hybridized carbons (Fsp3) is 0.111. The molecule has 4 rings (SSSR count). The third-order valence-electron chi connectivity index (χ3n) is 3.86. The number of hydrogen-bond acceptors (Lipinski definition) is 7. The van der Waals surface area contributed by atoms with Crippen LogP contribution in [0, 0.1) is 0 Å². The number of benzene rings is 2. The molecule has 0 unspecified atom stereocenters. The summed E-state index contributed by atoms with van der Waals surface area (Å²) in [4.78, 5) is 0. The smallest absolute Gasteiger partial charge is 0.247 e. The molecule has 0 aliphatic heterocycles. The van der Waals surface area contributed by atoms with Gasteiger partial charge in [-0.25, -0.2) is 4.68 Å². The van der Waals surface area contributed by atoms with E-state index in [-0.39, 0.29) is 5.25 Å². The van der Waals surface area contributed by atoms with Crippen LogP contribution in [-0.4, -0.2) is 25.1 Å². The standard InChI is InChI=1S/C18H15ClN6OS/c1-11(16-22-23-17(26-16)13-5-3-2-4-6-13)27-18-24-21-15(25(18)20)12-7-9-14(19)10-8-12/h2-11H,20H2,1H3/t11-/m0/s1. The van der Waals surface area contributed by atoms with Crippen molar-refractivity contribution in [3.05, 3.63) is 65.5 Å². The molecule has 27 heavy (non-hydrogen) atoms. The molecule has 2 heterocycles. The summed E-state index contributed by atoms with van der Waals surface area (Å²) in [6, 6.07) is 16.9. The molecule has 9 heteroatoms. The Labute approximate surface area is 164 Å². The highest BCUT2D eigenvalue weighted by Gasteiger charge is 2.20. The van der Waals surface area contributed by atoms with E-state index in [1.165, 1.54) is 16.4 Å². The van der Waals surface area contributed by atoms with Gasteiger partial charge in [0.25, 0.3) is 0 Å². The van der Waals surface area contributed by atoms with Crippen LogP contribution in [0.3, 0.4) is 0 Å². The van der Waals surface area contributed by atoms with Gasteiger partial charge in [0.05, 0.1) is 5.25 Å². The van der Waals surface area contributed by atoms with Gasteiger partial charge in [0.2, 0.25) is 16.9 Å². The molecule has 2 aromatic carbocycles. The summed E-state index contributed by atoms with van der Waals surface area (Å²) in [6.45, 7) is 1.95. The minimum Gasteiger partial charge on any atom is -0.419 e. The normalized spacial score (nSPS) is 12.2. The first kappa shape index (κ1) is 17.6. The summed E-state index contributed by atoms with van der Waals surface area (Å²) in [5.41, 5.74) is 1.71. The maximum Gasteiger partial charge on any atom is 0.247 e. The minimum atomic E-state index is -0.139. The lowest BCUT2D eigenvalue weighted by molar-refractivity contribution is 0.509. The average molecular weight is 399 g/mol. The van der Waals surface area contributed by atoms with E-state index < -0.39 is 0 Å². The maximum atomic E-state index is 6.17. The molecule has 0 radical (unpaired) electrons. The minimum absolute atomic E-state index is 0.139. The van der Waals surface area contributed by atoms with Crippen molar-refractivity contribution in [3.63, 3.8) is 0 Å². The number of hydrogen-bond donors (Lipinski definition) is 1. The van der Waals surface area contributed by atoms with Crippen LogP contribution < -0.4 is 5.84 Å². The second-order valence-electron chi connectivity index (χ2n) is 5.75. The summed E-state index contributed by atoms with van der Waals surface area (Å²) in [5, 5.41) is 17.7. The third kappa shape index (κ3) is 3.67. The van der Waals surface area contributed by atoms with Crippen LogP contribution >= 0.6 is 23.4 Å². The van der Waals surface area contributed by atoms with E-state index in [1.54, 1.807) is 12.1 Å². The van der Waals surface area contributed by atoms with Gasteiger partial charge in [-0.2, -0.15) is 0 Å². The highest BCUT2D eigenvalue weighted by atomic mass is 35.5. The maximum absolute atomic E-state index is 6.17. The number of nitrogen functional groups attached to an aromatic ring is 1. The van der Waals surface area contributed by atoms with Gasteiger partial charge >= 0.3 is 0 Å². The van der Waals surface area contributed by atoms with Crippen LogP contribution in [0.4, 0.5) is 0 Å². The van der Waals surface area contributed by atoms with Gasteiger partial charge in [-0.1, -0.05) is 41.6 Å². The SMILES string of the molecule is C[C@H](Sc1nnc(-c2ccc(Cl)cc2)n1N)c1nnc(-c2ccccc2)o1. The molecule has 7 nitrogen and oxygen atoms in total. The molecule has 136 valence electrons. The second kappa shape index (κ2) is 7.42. The summed E-state index contributed by atoms with van der Waals surface area (Å²) >= 11 is 7.32. The van der Waals surface area contributed by atoms with E-state index in [9.17, 15) is 0 Å². The molecule has 0 saturated heterocycles. The number of thioether (sulfide) groups is 1. The molecule has 0 saturated carbocycles. The Morgan fingerprint density at radius 2 is 1.70 bits per heavy atom. The molecular weight excluding hydrogens is 384 g/mol. The topological polar surface area (TPSA) is 95.7 Å². The van der Waals surface area contributed by atoms with Crippen molar-refractivity contribution >= 4 is 23.4 Å². The molecule has 0 aliphatic rings. The lowest BCUT2D eigenvalue weighted by Crippen LogP contribution is -2.12. The van der Waals surface area contributed by atoms with Gasteiger partial charge < -0.3 is 10.3 Å². The third-order valence-corrected chi connectivity index (χ3v) is 5.15. The zero-order chi connectivity index (χ0) is 18.8. The molecular formula is C18H15ClN6OS. The van der Waals surface area contributed by atoms with Gasteiger partial charge in [0, 0.05) is 16.1 Å². The summed E-state index contributed by atoms with van der Waals surface area (Å²) in [5.74, 6) is 7.70. The van der Waals surface area contributed by atoms with Crippen LogP contribution in [0.5, 0.6) is 0 Å². The predicted molar refractivity (Wildman–Crippen MR) is 105 cm³/mol. The predicted octanol–water partition coefficient (Wildman–Crippen LogP) is 4.22. The number of halogens is 1. The van der Waals surface area contributed by atoms with E-state index >= 15 is 0 Å². The lowest BCUT2D eigenvalue weighted by atomic mass is 10.2. The molecule has 0 bridgehead atoms. The number of nitrogens with zero attached hydrogens (tertiary/aromatic N) is 5. The van der Waals surface area contributed by atoms with Crippen LogP contribution in [0.15, 0.2) is 64.2 Å². The largest absolute Gasteiger partial charge is 0.419 e. The van der Waals surface area contributed by atoms with E-state index in [1.807, 2.05) is 49.4 Å². The Balaban J connectivity index is 1.53. The molecule has 0 aliphatic carbocycles. The zero-order valence-corrected chi connectivity index (χ0v) is 15.9. The summed E-state index contributed by atoms with van der Waals surface area (Å²) < 4.78 is 7.24. The van der Waals surface area contributed by atoms with Gasteiger partial charge in [-0.3, -0.25) is 0 Å². The van der Waals surface area contributed by atoms with Crippen molar-refractivity contribution in [1.82, 2.24) is 25.1 Å². The van der Waals surface area contributed by atoms with E-state index in [0.29, 0.717) is 27.8 Å². The Hall–Kier alpha value is -2.84. The van der Waals surface area contributed by atoms with Crippen molar-refractivity contribution in [2.75, 3.05) is 5.84 Å². The quantitative estimate of drug-likeness (QED) is 0.397. The molecule has 2 aromatic heterocycles. The molecule has 0 amide bonds. The van der Waals surface area contributed by atoms with Gasteiger partial charge in [-0.05, 0) is 43.3 Å². The first-order valence-corrected chi connectivity index (χ1v) is 9.39. The van der Waals surface area contributed by atoms with Crippen LogP contribution in [0.25, 0.3) is 22.8 Å². The van der Waals surface area contributed by atoms with Crippen LogP contribution in [0.1, 0.15) is 18.1 Å². The summed E-state index contributed by atoms with van der Waals surface area (Å²) in [6.07, 6.45) is 0. The molecule has 0 fully saturated rings. The van der Waals surface area contributed by atoms with Crippen molar-refractivity contribution < 1.29 is 4.42 Å². The molecule has 1 atom stereocenters. The average Bonchev–Trinajstić information content (AvgIpc) is 3.31. The van der Waals surface area contributed by atoms with Crippen molar-refractivity contribution in [2.45, 2.75) is 17.3 Å². The number of aromatic nitrogens is 5. The monoisotopic (exact) mass is 398 g/mol. The second-order valence-corrected chi connectivity index (χ2v) is 7.50. The Bertz CT molecular complexity index is 1050. The number of rotatable bonds is 5. The lowest BCUT2D eigenvalue weighted by Gasteiger charge is -2.06. The van der Waals surface area contributed by atoms with Crippen molar-refractivity contribution in [3.8, 4) is 22.8 Å². The highest BCUT2D eigenvalue weighted by Crippen LogP contribution is 2.34. The first-order chi connectivity index (χ1) is 13.1. The van der Waals surface area contributed by atoms with Gasteiger partial charge in [-0.15, -0.1) is 20.4 Å². The van der Waals surface area contributed by atoms with Crippen molar-refractivity contribution in [1.29, 1.82) is 0 Å². The van der Waals surface area contributed by atoms with Crippen LogP contribution in [-0.2, 0) is 0 Å². The van der Waals surface area contributed by atoms with Crippen molar-refractivity contribution in [2.24, 2.45) is 0 Å². The van der Waals surface area contributed by atoms with E-state index in [4.69, 9.17) is 21.9 Å². The van der Waals surface area contributed by atoms with E-state index in [2.05, 4.69) is 20.4 Å². The fourth-order valence-electron chi connectivity index (χ4n) is 2.46. The molecule has 0 spiro atoms. The highest BCUT2D eigenvalue weighted by molar-refractivity contribution is 7.99. The molecule has 4 aromatic rings. The zero-order valence-electron chi connectivity index (χ0n) is 14.3. The Morgan fingerprint density at radius 1 is 0.963 bits per heavy atom. The fourth-order valence-corrected chi connectivity index (χ4v) is 3.38. The first-order valence-electron chi connectivity index (χ1n) is 8.13. The Morgan fingerprint density at radius 3 is 2.44 bits per heavy atom. The van der Waals surface area contributed by atoms with Gasteiger partial charge in [0.1, 0.15) is 0 Å². The Kier molecular flexibility index (Phi) is 4.83. The van der Waals surface area contributed by atoms with Gasteiger partial charge in [0.15, 0.2) is 5.82 Å².